The van der Waals surface area contributed by atoms with Gasteiger partial charge in [0.2, 0.25) is 5.91 Å². The molecule has 0 aliphatic carbocycles. The fourth-order valence-corrected chi connectivity index (χ4v) is 2.56. The smallest absolute Gasteiger partial charge is 0.417 e. The Morgan fingerprint density at radius 2 is 1.71 bits per heavy atom. The lowest BCUT2D eigenvalue weighted by atomic mass is 10.1. The molecule has 166 valence electrons. The molecule has 10 heteroatoms. The second-order valence-electron chi connectivity index (χ2n) is 7.19. The number of alkyl halides is 3. The zero-order valence-electron chi connectivity index (χ0n) is 16.9. The highest BCUT2D eigenvalue weighted by atomic mass is 19.4. The first kappa shape index (κ1) is 23.8. The molecule has 2 rings (SSSR count). The molecule has 31 heavy (non-hydrogen) atoms. The van der Waals surface area contributed by atoms with Crippen molar-refractivity contribution in [3.05, 3.63) is 64.1 Å². The number of hydrogen-bond acceptors (Lipinski definition) is 5. The Labute approximate surface area is 175 Å². The van der Waals surface area contributed by atoms with Gasteiger partial charge in [0.15, 0.2) is 12.4 Å². The largest absolute Gasteiger partial charge is 0.456 e. The summed E-state index contributed by atoms with van der Waals surface area (Å²) in [5.74, 6) is -1.55. The average Bonchev–Trinajstić information content (AvgIpc) is 2.67. The first-order chi connectivity index (χ1) is 14.5. The highest BCUT2D eigenvalue weighted by Gasteiger charge is 2.31. The maximum atomic E-state index is 12.7. The lowest BCUT2D eigenvalue weighted by Gasteiger charge is -2.10. The minimum absolute atomic E-state index is 0.159. The molecular formula is C21H21F3N2O5. The van der Waals surface area contributed by atoms with Gasteiger partial charge in [-0.25, -0.2) is 0 Å². The summed E-state index contributed by atoms with van der Waals surface area (Å²) in [4.78, 5) is 47.4. The molecule has 0 fully saturated rings. The van der Waals surface area contributed by atoms with Crippen LogP contribution >= 0.6 is 0 Å². The van der Waals surface area contributed by atoms with Crippen LogP contribution in [0.25, 0.3) is 0 Å². The van der Waals surface area contributed by atoms with Gasteiger partial charge in [0, 0.05) is 29.9 Å². The summed E-state index contributed by atoms with van der Waals surface area (Å²) in [7, 11) is 0. The Morgan fingerprint density at radius 1 is 1.06 bits per heavy atom. The van der Waals surface area contributed by atoms with Crippen LogP contribution in [0.15, 0.2) is 47.4 Å². The van der Waals surface area contributed by atoms with Crippen LogP contribution in [0.1, 0.15) is 36.2 Å². The maximum absolute atomic E-state index is 12.7. The van der Waals surface area contributed by atoms with Crippen molar-refractivity contribution in [2.45, 2.75) is 33.0 Å². The molecule has 1 amide bonds. The van der Waals surface area contributed by atoms with E-state index in [1.54, 1.807) is 0 Å². The summed E-state index contributed by atoms with van der Waals surface area (Å²) in [6.07, 6.45) is -3.81. The van der Waals surface area contributed by atoms with Crippen LogP contribution in [0.5, 0.6) is 0 Å². The van der Waals surface area contributed by atoms with Gasteiger partial charge in [-0.1, -0.05) is 13.8 Å². The van der Waals surface area contributed by atoms with Gasteiger partial charge in [0.1, 0.15) is 6.54 Å². The van der Waals surface area contributed by atoms with Crippen molar-refractivity contribution in [2.24, 2.45) is 5.92 Å². The number of nitrogens with zero attached hydrogens (tertiary/aromatic N) is 1. The summed E-state index contributed by atoms with van der Waals surface area (Å²) >= 11 is 0. The molecule has 0 aliphatic rings. The van der Waals surface area contributed by atoms with E-state index in [0.717, 1.165) is 0 Å². The van der Waals surface area contributed by atoms with E-state index in [4.69, 9.17) is 4.74 Å². The summed E-state index contributed by atoms with van der Waals surface area (Å²) < 4.78 is 43.5. The molecule has 0 aliphatic heterocycles. The zero-order chi connectivity index (χ0) is 23.2. The highest BCUT2D eigenvalue weighted by Crippen LogP contribution is 2.28. The number of Topliss-reactive ketones (excluding diaryl/α,β-unsaturated/α-hetero) is 1. The number of pyridine rings is 1. The number of ether oxygens (including phenoxy) is 1. The minimum atomic E-state index is -4.67. The summed E-state index contributed by atoms with van der Waals surface area (Å²) in [5.41, 5.74) is -1.18. The van der Waals surface area contributed by atoms with Crippen LogP contribution in [0.4, 0.5) is 18.9 Å². The Balaban J connectivity index is 1.92. The maximum Gasteiger partial charge on any atom is 0.417 e. The molecule has 0 spiro atoms. The number of halogens is 3. The number of nitrogens with one attached hydrogen (secondary N) is 1. The Bertz CT molecular complexity index is 1010. The van der Waals surface area contributed by atoms with E-state index in [-0.39, 0.29) is 17.4 Å². The van der Waals surface area contributed by atoms with Crippen LogP contribution in [-0.4, -0.2) is 28.8 Å². The van der Waals surface area contributed by atoms with Gasteiger partial charge in [-0.15, -0.1) is 0 Å². The first-order valence-electron chi connectivity index (χ1n) is 9.32. The third kappa shape index (κ3) is 7.40. The van der Waals surface area contributed by atoms with Gasteiger partial charge >= 0.3 is 12.1 Å². The number of amides is 1. The Morgan fingerprint density at radius 3 is 2.29 bits per heavy atom. The second-order valence-corrected chi connectivity index (χ2v) is 7.19. The molecular weight excluding hydrogens is 417 g/mol. The molecule has 1 aromatic heterocycles. The monoisotopic (exact) mass is 438 g/mol. The number of ketones is 1. The quantitative estimate of drug-likeness (QED) is 0.504. The lowest BCUT2D eigenvalue weighted by molar-refractivity contribution is -0.144. The van der Waals surface area contributed by atoms with Crippen molar-refractivity contribution in [3.8, 4) is 0 Å². The topological polar surface area (TPSA) is 94.5 Å². The fraction of sp³-hybridized carbons (Fsp3) is 0.333. The molecule has 0 unspecified atom stereocenters. The SMILES string of the molecule is CC(C)CC(=O)Nc1ccc(C(=O)COC(=O)Cn2cc(C(F)(F)F)ccc2=O)cc1. The van der Waals surface area contributed by atoms with Crippen LogP contribution in [0.3, 0.4) is 0 Å². The van der Waals surface area contributed by atoms with Crippen molar-refractivity contribution in [2.75, 3.05) is 11.9 Å². The van der Waals surface area contributed by atoms with E-state index in [2.05, 4.69) is 5.32 Å². The van der Waals surface area contributed by atoms with E-state index in [9.17, 15) is 32.3 Å². The number of carbonyl (C=O) groups excluding carboxylic acids is 3. The molecule has 0 saturated heterocycles. The van der Waals surface area contributed by atoms with Gasteiger partial charge < -0.3 is 14.6 Å². The molecule has 1 aromatic carbocycles. The predicted molar refractivity (Wildman–Crippen MR) is 106 cm³/mol. The first-order valence-corrected chi connectivity index (χ1v) is 9.32. The van der Waals surface area contributed by atoms with Crippen molar-refractivity contribution < 1.29 is 32.3 Å². The number of anilines is 1. The molecule has 0 saturated carbocycles. The third-order valence-corrected chi connectivity index (χ3v) is 4.06. The van der Waals surface area contributed by atoms with Crippen molar-refractivity contribution in [1.29, 1.82) is 0 Å². The summed E-state index contributed by atoms with van der Waals surface area (Å²) in [6, 6.07) is 7.24. The van der Waals surface area contributed by atoms with Gasteiger partial charge in [-0.3, -0.25) is 19.2 Å². The molecule has 1 N–H and O–H groups in total. The minimum Gasteiger partial charge on any atom is -0.456 e. The normalized spacial score (nSPS) is 11.3. The van der Waals surface area contributed by atoms with Gasteiger partial charge in [-0.05, 0) is 36.2 Å². The average molecular weight is 438 g/mol. The van der Waals surface area contributed by atoms with E-state index >= 15 is 0 Å². The van der Waals surface area contributed by atoms with Gasteiger partial charge in [-0.2, -0.15) is 13.2 Å². The van der Waals surface area contributed by atoms with Crippen LogP contribution in [-0.2, 0) is 27.0 Å². The van der Waals surface area contributed by atoms with E-state index in [1.165, 1.54) is 24.3 Å². The highest BCUT2D eigenvalue weighted by molar-refractivity contribution is 5.98. The number of hydrogen-bond donors (Lipinski definition) is 1. The second kappa shape index (κ2) is 10.1. The fourth-order valence-electron chi connectivity index (χ4n) is 2.56. The molecule has 0 atom stereocenters. The molecule has 1 heterocycles. The summed E-state index contributed by atoms with van der Waals surface area (Å²) in [5, 5.41) is 2.69. The summed E-state index contributed by atoms with van der Waals surface area (Å²) in [6.45, 7) is 2.40. The van der Waals surface area contributed by atoms with E-state index in [1.807, 2.05) is 13.8 Å². The lowest BCUT2D eigenvalue weighted by Crippen LogP contribution is -2.27. The number of rotatable bonds is 8. The van der Waals surface area contributed by atoms with E-state index in [0.29, 0.717) is 35.0 Å². The number of aromatic nitrogens is 1. The molecule has 0 radical (unpaired) electrons. The Kier molecular flexibility index (Phi) is 7.73. The molecule has 0 bridgehead atoms. The standard InChI is InChI=1S/C21H21F3N2O5/c1-13(2)9-18(28)25-16-6-3-14(4-7-16)17(27)12-31-20(30)11-26-10-15(21(22,23)24)5-8-19(26)29/h3-8,10,13H,9,11-12H2,1-2H3,(H,25,28). The van der Waals surface area contributed by atoms with Crippen molar-refractivity contribution in [3.63, 3.8) is 0 Å². The van der Waals surface area contributed by atoms with Gasteiger partial charge in [0.25, 0.3) is 5.56 Å². The van der Waals surface area contributed by atoms with Gasteiger partial charge in [0.05, 0.1) is 5.56 Å². The number of carbonyl (C=O) groups is 3. The van der Waals surface area contributed by atoms with Crippen LogP contribution < -0.4 is 10.9 Å². The zero-order valence-corrected chi connectivity index (χ0v) is 16.9. The van der Waals surface area contributed by atoms with Crippen molar-refractivity contribution in [1.82, 2.24) is 4.57 Å². The molecule has 7 nitrogen and oxygen atoms in total. The van der Waals surface area contributed by atoms with Crippen LogP contribution in [0.2, 0.25) is 0 Å². The molecule has 2 aromatic rings. The van der Waals surface area contributed by atoms with E-state index < -0.39 is 42.2 Å². The number of esters is 1. The predicted octanol–water partition coefficient (Wildman–Crippen LogP) is 3.28. The Hall–Kier alpha value is -3.43. The van der Waals surface area contributed by atoms with Crippen LogP contribution in [0, 0.1) is 5.92 Å². The van der Waals surface area contributed by atoms with Crippen molar-refractivity contribution >= 4 is 23.3 Å². The third-order valence-electron chi connectivity index (χ3n) is 4.06. The number of benzene rings is 1.